The predicted molar refractivity (Wildman–Crippen MR) is 168 cm³/mol. The monoisotopic (exact) mass is 713 g/mol. The molecular formula is C38H34N2Pt. The number of hydrogen-bond acceptors (Lipinski definition) is 2. The molecule has 2 aromatic heterocycles. The standard InChI is InChI=1S/C38H34N2.Pt/c1-37(2,3)27-21-33(31-19-11-15-25-13-7-9-17-29(25)31)39-35(23-27)36-24-28(38(4,5)6)22-34(40-36)32-20-12-16-26-14-8-10-18-30(26)32;/h7-16,19-24H,1-6H3;/q-2;+2. The van der Waals surface area contributed by atoms with Gasteiger partial charge >= 0.3 is 21.1 Å². The maximum absolute atomic E-state index is 5.27. The number of rotatable bonds is 3. The fraction of sp³-hybridized carbons (Fsp3) is 0.211. The fourth-order valence-electron chi connectivity index (χ4n) is 5.20. The molecule has 0 saturated heterocycles. The molecule has 0 saturated carbocycles. The molecule has 0 spiro atoms. The van der Waals surface area contributed by atoms with Gasteiger partial charge in [-0.3, -0.25) is 9.97 Å². The molecule has 0 atom stereocenters. The van der Waals surface area contributed by atoms with E-state index >= 15 is 0 Å². The van der Waals surface area contributed by atoms with Crippen molar-refractivity contribution >= 4 is 21.5 Å². The zero-order valence-electron chi connectivity index (χ0n) is 24.4. The molecule has 4 aromatic carbocycles. The Morgan fingerprint density at radius 3 is 1.24 bits per heavy atom. The summed E-state index contributed by atoms with van der Waals surface area (Å²) in [5, 5.41) is 4.48. The topological polar surface area (TPSA) is 25.8 Å². The SMILES string of the molecule is CC(C)(C)c1cc(-c2cc(C(C)(C)C)cc(-c3cccc4ccc[c-]c34)n2)nc(-c2cccc3ccc[c-]c23)c1.[Pt+2]. The van der Waals surface area contributed by atoms with Crippen LogP contribution in [0.4, 0.5) is 0 Å². The van der Waals surface area contributed by atoms with Crippen molar-refractivity contribution in [3.05, 3.63) is 120 Å². The van der Waals surface area contributed by atoms with Gasteiger partial charge in [0.2, 0.25) is 0 Å². The van der Waals surface area contributed by atoms with Crippen molar-refractivity contribution in [2.75, 3.05) is 0 Å². The summed E-state index contributed by atoms with van der Waals surface area (Å²) in [4.78, 5) is 10.5. The van der Waals surface area contributed by atoms with Crippen LogP contribution in [0.1, 0.15) is 52.7 Å². The van der Waals surface area contributed by atoms with E-state index in [9.17, 15) is 0 Å². The first-order valence-corrected chi connectivity index (χ1v) is 13.9. The third-order valence-corrected chi connectivity index (χ3v) is 7.59. The van der Waals surface area contributed by atoms with E-state index in [2.05, 4.69) is 126 Å². The van der Waals surface area contributed by atoms with E-state index in [1.807, 2.05) is 24.3 Å². The summed E-state index contributed by atoms with van der Waals surface area (Å²) in [5.74, 6) is 0. The molecule has 0 fully saturated rings. The molecule has 2 heterocycles. The minimum Gasteiger partial charge on any atom is -0.256 e. The second-order valence-corrected chi connectivity index (χ2v) is 12.6. The normalized spacial score (nSPS) is 12.0. The van der Waals surface area contributed by atoms with Gasteiger partial charge in [-0.1, -0.05) is 89.1 Å². The summed E-state index contributed by atoms with van der Waals surface area (Å²) in [6.45, 7) is 13.5. The van der Waals surface area contributed by atoms with Crippen LogP contribution in [0.25, 0.3) is 55.4 Å². The van der Waals surface area contributed by atoms with Crippen LogP contribution in [0.15, 0.2) is 97.1 Å². The van der Waals surface area contributed by atoms with Crippen molar-refractivity contribution in [1.82, 2.24) is 9.97 Å². The van der Waals surface area contributed by atoms with Crippen LogP contribution < -0.4 is 0 Å². The molecular weight excluding hydrogens is 680 g/mol. The fourth-order valence-corrected chi connectivity index (χ4v) is 5.20. The first-order valence-electron chi connectivity index (χ1n) is 13.9. The van der Waals surface area contributed by atoms with Gasteiger partial charge in [0.1, 0.15) is 0 Å². The Kier molecular flexibility index (Phi) is 7.75. The van der Waals surface area contributed by atoms with Gasteiger partial charge in [-0.15, -0.1) is 70.1 Å². The quantitative estimate of drug-likeness (QED) is 0.171. The van der Waals surface area contributed by atoms with E-state index in [0.29, 0.717) is 0 Å². The van der Waals surface area contributed by atoms with Gasteiger partial charge in [-0.05, 0) is 46.2 Å². The van der Waals surface area contributed by atoms with E-state index in [4.69, 9.17) is 9.97 Å². The van der Waals surface area contributed by atoms with E-state index in [1.165, 1.54) is 11.1 Å². The molecule has 6 rings (SSSR count). The molecule has 6 aromatic rings. The molecule has 0 amide bonds. The second kappa shape index (κ2) is 11.0. The van der Waals surface area contributed by atoms with Gasteiger partial charge in [-0.2, -0.15) is 0 Å². The van der Waals surface area contributed by atoms with Crippen LogP contribution in [0.3, 0.4) is 0 Å². The van der Waals surface area contributed by atoms with Crippen LogP contribution in [0.5, 0.6) is 0 Å². The Balaban J connectivity index is 0.00000337. The van der Waals surface area contributed by atoms with Crippen molar-refractivity contribution in [3.8, 4) is 33.9 Å². The van der Waals surface area contributed by atoms with E-state index in [1.54, 1.807) is 0 Å². The summed E-state index contributed by atoms with van der Waals surface area (Å²) in [6, 6.07) is 40.8. The molecule has 0 aliphatic heterocycles. The smallest absolute Gasteiger partial charge is 0.256 e. The van der Waals surface area contributed by atoms with Gasteiger partial charge in [0, 0.05) is 11.4 Å². The van der Waals surface area contributed by atoms with Gasteiger partial charge in [0.15, 0.2) is 0 Å². The molecule has 41 heavy (non-hydrogen) atoms. The van der Waals surface area contributed by atoms with Crippen LogP contribution in [0.2, 0.25) is 0 Å². The average molecular weight is 714 g/mol. The molecule has 0 aliphatic carbocycles. The molecule has 0 radical (unpaired) electrons. The van der Waals surface area contributed by atoms with Gasteiger partial charge in [0.25, 0.3) is 0 Å². The van der Waals surface area contributed by atoms with Crippen LogP contribution in [-0.2, 0) is 31.9 Å². The largest absolute Gasteiger partial charge is 2.00 e. The van der Waals surface area contributed by atoms with Crippen molar-refractivity contribution in [2.45, 2.75) is 52.4 Å². The van der Waals surface area contributed by atoms with Crippen molar-refractivity contribution in [1.29, 1.82) is 0 Å². The third kappa shape index (κ3) is 5.77. The number of aromatic nitrogens is 2. The van der Waals surface area contributed by atoms with Gasteiger partial charge in [0.05, 0.1) is 11.4 Å². The number of benzene rings is 4. The second-order valence-electron chi connectivity index (χ2n) is 12.6. The number of pyridine rings is 2. The Morgan fingerprint density at radius 2 is 0.854 bits per heavy atom. The maximum atomic E-state index is 5.27. The Bertz CT molecular complexity index is 1720. The van der Waals surface area contributed by atoms with Crippen LogP contribution in [-0.4, -0.2) is 9.97 Å². The number of hydrogen-bond donors (Lipinski definition) is 0. The molecule has 3 heteroatoms. The summed E-state index contributed by atoms with van der Waals surface area (Å²) in [5.41, 5.74) is 8.15. The first kappa shape index (κ1) is 28.9. The molecule has 0 aliphatic rings. The minimum absolute atomic E-state index is 0. The first-order chi connectivity index (χ1) is 19.1. The predicted octanol–water partition coefficient (Wildman–Crippen LogP) is 9.98. The van der Waals surface area contributed by atoms with Crippen molar-refractivity contribution < 1.29 is 21.1 Å². The summed E-state index contributed by atoms with van der Waals surface area (Å²) >= 11 is 0. The van der Waals surface area contributed by atoms with Gasteiger partial charge < -0.3 is 0 Å². The van der Waals surface area contributed by atoms with Gasteiger partial charge in [-0.25, -0.2) is 0 Å². The maximum Gasteiger partial charge on any atom is 2.00 e. The van der Waals surface area contributed by atoms with E-state index < -0.39 is 0 Å². The van der Waals surface area contributed by atoms with Crippen molar-refractivity contribution in [3.63, 3.8) is 0 Å². The van der Waals surface area contributed by atoms with Crippen LogP contribution in [0, 0.1) is 12.1 Å². The van der Waals surface area contributed by atoms with E-state index in [-0.39, 0.29) is 31.9 Å². The summed E-state index contributed by atoms with van der Waals surface area (Å²) in [7, 11) is 0. The van der Waals surface area contributed by atoms with Crippen LogP contribution >= 0.6 is 0 Å². The Morgan fingerprint density at radius 1 is 0.488 bits per heavy atom. The molecule has 0 N–H and O–H groups in total. The number of nitrogens with zero attached hydrogens (tertiary/aromatic N) is 2. The molecule has 2 nitrogen and oxygen atoms in total. The molecule has 0 unspecified atom stereocenters. The zero-order valence-corrected chi connectivity index (χ0v) is 26.7. The summed E-state index contributed by atoms with van der Waals surface area (Å²) in [6.07, 6.45) is 0. The van der Waals surface area contributed by atoms with E-state index in [0.717, 1.165) is 55.4 Å². The third-order valence-electron chi connectivity index (χ3n) is 7.59. The molecule has 206 valence electrons. The summed E-state index contributed by atoms with van der Waals surface area (Å²) < 4.78 is 0. The van der Waals surface area contributed by atoms with Crippen molar-refractivity contribution in [2.24, 2.45) is 0 Å². The average Bonchev–Trinajstić information content (AvgIpc) is 2.95. The number of fused-ring (bicyclic) bond motifs is 2. The minimum atomic E-state index is -0.0597. The zero-order chi connectivity index (χ0) is 28.1. The Labute approximate surface area is 258 Å². The molecule has 0 bridgehead atoms. The Hall–Kier alpha value is -3.61.